The Bertz CT molecular complexity index is 292. The molecule has 1 aromatic rings. The first-order chi connectivity index (χ1) is 6.24. The summed E-state index contributed by atoms with van der Waals surface area (Å²) in [5.74, 6) is 3.88. The largest absolute Gasteiger partial charge is 0.469 e. The Morgan fingerprint density at radius 2 is 2.38 bits per heavy atom. The normalized spacial score (nSPS) is 11.6. The number of nitrogens with zero attached hydrogens (tertiary/aromatic N) is 1. The third-order valence-electron chi connectivity index (χ3n) is 2.03. The molecule has 0 aliphatic carbocycles. The summed E-state index contributed by atoms with van der Waals surface area (Å²) in [5, 5.41) is 0. The van der Waals surface area contributed by atoms with Crippen molar-refractivity contribution >= 4 is 0 Å². The van der Waals surface area contributed by atoms with Crippen molar-refractivity contribution < 1.29 is 4.42 Å². The van der Waals surface area contributed by atoms with Crippen molar-refractivity contribution in [3.8, 4) is 12.0 Å². The summed E-state index contributed by atoms with van der Waals surface area (Å²) in [5.41, 5.74) is 0. The van der Waals surface area contributed by atoms with Crippen LogP contribution in [0.15, 0.2) is 22.8 Å². The fraction of sp³-hybridized carbons (Fsp3) is 0.455. The van der Waals surface area contributed by atoms with E-state index in [1.807, 2.05) is 31.0 Å². The van der Waals surface area contributed by atoms with E-state index in [0.717, 1.165) is 12.2 Å². The van der Waals surface area contributed by atoms with Gasteiger partial charge in [0.05, 0.1) is 6.26 Å². The number of hydrogen-bond acceptors (Lipinski definition) is 2. The number of rotatable bonds is 3. The van der Waals surface area contributed by atoms with Crippen LogP contribution in [0.1, 0.15) is 19.6 Å². The predicted octanol–water partition coefficient (Wildman–Crippen LogP) is 2.12. The zero-order chi connectivity index (χ0) is 9.68. The summed E-state index contributed by atoms with van der Waals surface area (Å²) in [6, 6.07) is 7.29. The maximum Gasteiger partial charge on any atom is 0.105 e. The van der Waals surface area contributed by atoms with Crippen LogP contribution in [-0.4, -0.2) is 18.0 Å². The molecule has 70 valence electrons. The fourth-order valence-corrected chi connectivity index (χ4v) is 1.14. The maximum atomic E-state index is 5.26. The lowest BCUT2D eigenvalue weighted by molar-refractivity contribution is 0.346. The van der Waals surface area contributed by atoms with E-state index >= 15 is 0 Å². The topological polar surface area (TPSA) is 16.4 Å². The smallest absolute Gasteiger partial charge is 0.105 e. The lowest BCUT2D eigenvalue weighted by atomic mass is 10.2. The zero-order valence-corrected chi connectivity index (χ0v) is 8.37. The SMILES string of the molecule is CC#CN(C)C(C)Cc1ccco1. The average molecular weight is 177 g/mol. The van der Waals surface area contributed by atoms with E-state index in [9.17, 15) is 0 Å². The first kappa shape index (κ1) is 9.73. The molecule has 0 saturated carbocycles. The van der Waals surface area contributed by atoms with Crippen LogP contribution in [0.4, 0.5) is 0 Å². The van der Waals surface area contributed by atoms with Gasteiger partial charge in [-0.25, -0.2) is 0 Å². The third kappa shape index (κ3) is 2.87. The van der Waals surface area contributed by atoms with E-state index in [0.29, 0.717) is 6.04 Å². The number of furan rings is 1. The van der Waals surface area contributed by atoms with Crippen molar-refractivity contribution in [1.82, 2.24) is 4.90 Å². The summed E-state index contributed by atoms with van der Waals surface area (Å²) in [7, 11) is 1.99. The molecule has 0 aliphatic rings. The van der Waals surface area contributed by atoms with Crippen molar-refractivity contribution in [2.75, 3.05) is 7.05 Å². The molecular weight excluding hydrogens is 162 g/mol. The van der Waals surface area contributed by atoms with Crippen molar-refractivity contribution in [2.45, 2.75) is 26.3 Å². The fourth-order valence-electron chi connectivity index (χ4n) is 1.14. The minimum Gasteiger partial charge on any atom is -0.469 e. The molecule has 2 heteroatoms. The van der Waals surface area contributed by atoms with Crippen molar-refractivity contribution in [3.05, 3.63) is 24.2 Å². The molecular formula is C11H15NO. The summed E-state index contributed by atoms with van der Waals surface area (Å²) >= 11 is 0. The first-order valence-electron chi connectivity index (χ1n) is 4.41. The van der Waals surface area contributed by atoms with Crippen LogP contribution in [-0.2, 0) is 6.42 Å². The molecule has 0 radical (unpaired) electrons. The Kier molecular flexibility index (Phi) is 3.45. The number of likely N-dealkylation sites (N-methyl/N-ethyl adjacent to an activating group) is 1. The monoisotopic (exact) mass is 177 g/mol. The summed E-state index contributed by atoms with van der Waals surface area (Å²) < 4.78 is 5.26. The van der Waals surface area contributed by atoms with Crippen LogP contribution in [0.3, 0.4) is 0 Å². The molecule has 0 amide bonds. The van der Waals surface area contributed by atoms with E-state index in [1.165, 1.54) is 0 Å². The van der Waals surface area contributed by atoms with Crippen LogP contribution in [0.25, 0.3) is 0 Å². The molecule has 2 nitrogen and oxygen atoms in total. The second kappa shape index (κ2) is 4.61. The molecule has 1 rings (SSSR count). The van der Waals surface area contributed by atoms with Crippen molar-refractivity contribution in [1.29, 1.82) is 0 Å². The molecule has 0 aromatic carbocycles. The average Bonchev–Trinajstić information content (AvgIpc) is 2.57. The molecule has 1 atom stereocenters. The van der Waals surface area contributed by atoms with Crippen LogP contribution < -0.4 is 0 Å². The molecule has 0 saturated heterocycles. The molecule has 1 aromatic heterocycles. The lowest BCUT2D eigenvalue weighted by Crippen LogP contribution is -2.26. The maximum absolute atomic E-state index is 5.26. The highest BCUT2D eigenvalue weighted by Crippen LogP contribution is 2.06. The minimum absolute atomic E-state index is 0.388. The van der Waals surface area contributed by atoms with Gasteiger partial charge in [-0.05, 0) is 26.0 Å². The Labute approximate surface area is 79.5 Å². The van der Waals surface area contributed by atoms with Gasteiger partial charge in [0.15, 0.2) is 0 Å². The van der Waals surface area contributed by atoms with Crippen LogP contribution >= 0.6 is 0 Å². The van der Waals surface area contributed by atoms with Gasteiger partial charge in [-0.15, -0.1) is 0 Å². The molecule has 0 spiro atoms. The van der Waals surface area contributed by atoms with Crippen LogP contribution in [0.5, 0.6) is 0 Å². The molecule has 0 aliphatic heterocycles. The Morgan fingerprint density at radius 3 is 2.92 bits per heavy atom. The quantitative estimate of drug-likeness (QED) is 0.519. The van der Waals surface area contributed by atoms with E-state index in [1.54, 1.807) is 6.26 Å². The van der Waals surface area contributed by atoms with Gasteiger partial charge in [0.2, 0.25) is 0 Å². The number of hydrogen-bond donors (Lipinski definition) is 0. The van der Waals surface area contributed by atoms with E-state index in [4.69, 9.17) is 4.42 Å². The van der Waals surface area contributed by atoms with E-state index in [-0.39, 0.29) is 0 Å². The van der Waals surface area contributed by atoms with Gasteiger partial charge in [-0.3, -0.25) is 0 Å². The summed E-state index contributed by atoms with van der Waals surface area (Å²) in [6.07, 6.45) is 2.60. The van der Waals surface area contributed by atoms with Gasteiger partial charge < -0.3 is 9.32 Å². The van der Waals surface area contributed by atoms with Crippen molar-refractivity contribution in [2.24, 2.45) is 0 Å². The predicted molar refractivity (Wildman–Crippen MR) is 53.1 cm³/mol. The third-order valence-corrected chi connectivity index (χ3v) is 2.03. The standard InChI is InChI=1S/C11H15NO/c1-4-7-12(3)10(2)9-11-6-5-8-13-11/h5-6,8,10H,9H2,1-3H3. The second-order valence-corrected chi connectivity index (χ2v) is 3.11. The molecule has 13 heavy (non-hydrogen) atoms. The highest BCUT2D eigenvalue weighted by Gasteiger charge is 2.07. The first-order valence-corrected chi connectivity index (χ1v) is 4.41. The summed E-state index contributed by atoms with van der Waals surface area (Å²) in [6.45, 7) is 3.98. The molecule has 1 unspecified atom stereocenters. The Hall–Kier alpha value is -1.36. The molecule has 0 fully saturated rings. The Balaban J connectivity index is 2.48. The van der Waals surface area contributed by atoms with E-state index < -0.39 is 0 Å². The van der Waals surface area contributed by atoms with Crippen LogP contribution in [0.2, 0.25) is 0 Å². The van der Waals surface area contributed by atoms with Gasteiger partial charge in [0, 0.05) is 25.6 Å². The van der Waals surface area contributed by atoms with Gasteiger partial charge in [-0.1, -0.05) is 5.92 Å². The molecule has 0 bridgehead atoms. The van der Waals surface area contributed by atoms with E-state index in [2.05, 4.69) is 18.9 Å². The second-order valence-electron chi connectivity index (χ2n) is 3.11. The highest BCUT2D eigenvalue weighted by molar-refractivity contribution is 5.02. The zero-order valence-electron chi connectivity index (χ0n) is 8.37. The van der Waals surface area contributed by atoms with Gasteiger partial charge in [0.25, 0.3) is 0 Å². The summed E-state index contributed by atoms with van der Waals surface area (Å²) in [4.78, 5) is 2.00. The highest BCUT2D eigenvalue weighted by atomic mass is 16.3. The lowest BCUT2D eigenvalue weighted by Gasteiger charge is -2.19. The Morgan fingerprint density at radius 1 is 1.62 bits per heavy atom. The van der Waals surface area contributed by atoms with Crippen LogP contribution in [0, 0.1) is 12.0 Å². The van der Waals surface area contributed by atoms with Crippen molar-refractivity contribution in [3.63, 3.8) is 0 Å². The van der Waals surface area contributed by atoms with Gasteiger partial charge in [-0.2, -0.15) is 0 Å². The minimum atomic E-state index is 0.388. The van der Waals surface area contributed by atoms with Gasteiger partial charge >= 0.3 is 0 Å². The molecule has 0 N–H and O–H groups in total. The molecule has 1 heterocycles. The van der Waals surface area contributed by atoms with Gasteiger partial charge in [0.1, 0.15) is 5.76 Å².